The smallest absolute Gasteiger partial charge is 0.410 e. The van der Waals surface area contributed by atoms with Gasteiger partial charge in [-0.05, 0) is 28.1 Å². The highest BCUT2D eigenvalue weighted by Crippen LogP contribution is 2.13. The SMILES string of the molecule is O=C(Nc1ccc([N+](=O)[O-])nc1)Oc1ccccc1. The molecule has 0 atom stereocenters. The molecule has 1 amide bonds. The lowest BCUT2D eigenvalue weighted by atomic mass is 10.3. The Hall–Kier alpha value is -2.96. The van der Waals surface area contributed by atoms with Crippen LogP contribution < -0.4 is 10.1 Å². The number of amides is 1. The first-order chi connectivity index (χ1) is 9.15. The minimum absolute atomic E-state index is 0.290. The van der Waals surface area contributed by atoms with Crippen molar-refractivity contribution in [3.63, 3.8) is 0 Å². The molecule has 0 saturated carbocycles. The summed E-state index contributed by atoms with van der Waals surface area (Å²) in [7, 11) is 0. The minimum atomic E-state index is -0.693. The summed E-state index contributed by atoms with van der Waals surface area (Å²) in [6, 6.07) is 11.1. The molecule has 0 aliphatic heterocycles. The lowest BCUT2D eigenvalue weighted by Crippen LogP contribution is -2.16. The molecule has 19 heavy (non-hydrogen) atoms. The second kappa shape index (κ2) is 5.58. The number of nitrogens with one attached hydrogen (secondary N) is 1. The van der Waals surface area contributed by atoms with Gasteiger partial charge in [0.1, 0.15) is 5.75 Å². The number of carbonyl (C=O) groups is 1. The van der Waals surface area contributed by atoms with Gasteiger partial charge in [-0.2, -0.15) is 0 Å². The van der Waals surface area contributed by atoms with Crippen molar-refractivity contribution in [3.8, 4) is 5.75 Å². The molecule has 0 spiro atoms. The van der Waals surface area contributed by atoms with E-state index in [1.54, 1.807) is 30.3 Å². The Morgan fingerprint density at radius 1 is 1.21 bits per heavy atom. The number of hydrogen-bond acceptors (Lipinski definition) is 5. The third-order valence-electron chi connectivity index (χ3n) is 2.14. The average molecular weight is 259 g/mol. The number of hydrogen-bond donors (Lipinski definition) is 1. The second-order valence-corrected chi connectivity index (χ2v) is 3.49. The normalized spacial score (nSPS) is 9.68. The van der Waals surface area contributed by atoms with Gasteiger partial charge in [-0.1, -0.05) is 18.2 Å². The first-order valence-corrected chi connectivity index (χ1v) is 5.29. The molecule has 0 unspecified atom stereocenters. The Morgan fingerprint density at radius 3 is 2.53 bits per heavy atom. The molecule has 2 rings (SSSR count). The predicted octanol–water partition coefficient (Wildman–Crippen LogP) is 2.60. The molecule has 7 nitrogen and oxygen atoms in total. The Morgan fingerprint density at radius 2 is 1.95 bits per heavy atom. The van der Waals surface area contributed by atoms with E-state index in [9.17, 15) is 14.9 Å². The molecular weight excluding hydrogens is 250 g/mol. The number of aromatic nitrogens is 1. The summed E-state index contributed by atoms with van der Waals surface area (Å²) in [5.74, 6) is 0.108. The third kappa shape index (κ3) is 3.50. The molecule has 96 valence electrons. The van der Waals surface area contributed by atoms with Crippen molar-refractivity contribution in [1.82, 2.24) is 4.98 Å². The summed E-state index contributed by atoms with van der Waals surface area (Å²) in [6.45, 7) is 0. The van der Waals surface area contributed by atoms with Crippen molar-refractivity contribution in [2.45, 2.75) is 0 Å². The fourth-order valence-corrected chi connectivity index (χ4v) is 1.31. The van der Waals surface area contributed by atoms with E-state index in [2.05, 4.69) is 10.3 Å². The molecule has 7 heteroatoms. The molecule has 0 fully saturated rings. The Bertz CT molecular complexity index is 584. The van der Waals surface area contributed by atoms with E-state index in [-0.39, 0.29) is 5.82 Å². The van der Waals surface area contributed by atoms with Crippen LogP contribution in [0.3, 0.4) is 0 Å². The predicted molar refractivity (Wildman–Crippen MR) is 67.0 cm³/mol. The van der Waals surface area contributed by atoms with Crippen LogP contribution in [0.25, 0.3) is 0 Å². The van der Waals surface area contributed by atoms with Crippen molar-refractivity contribution in [2.75, 3.05) is 5.32 Å². The van der Waals surface area contributed by atoms with E-state index in [1.807, 2.05) is 0 Å². The molecule has 0 aliphatic rings. The number of rotatable bonds is 3. The number of nitro groups is 1. The molecule has 0 radical (unpaired) electrons. The molecule has 2 aromatic rings. The standard InChI is InChI=1S/C12H9N3O4/c16-12(19-10-4-2-1-3-5-10)14-9-6-7-11(13-8-9)15(17)18/h1-8H,(H,14,16). The van der Waals surface area contributed by atoms with Gasteiger partial charge in [0.05, 0.1) is 5.69 Å². The molecule has 1 aromatic carbocycles. The second-order valence-electron chi connectivity index (χ2n) is 3.49. The number of carbonyl (C=O) groups excluding carboxylic acids is 1. The number of ether oxygens (including phenoxy) is 1. The highest BCUT2D eigenvalue weighted by Gasteiger charge is 2.09. The van der Waals surface area contributed by atoms with Crippen LogP contribution in [0.1, 0.15) is 0 Å². The zero-order valence-corrected chi connectivity index (χ0v) is 9.65. The molecule has 1 heterocycles. The lowest BCUT2D eigenvalue weighted by molar-refractivity contribution is -0.389. The van der Waals surface area contributed by atoms with Gasteiger partial charge < -0.3 is 14.9 Å². The Balaban J connectivity index is 1.97. The minimum Gasteiger partial charge on any atom is -0.410 e. The summed E-state index contributed by atoms with van der Waals surface area (Å²) in [5, 5.41) is 12.8. The van der Waals surface area contributed by atoms with Crippen molar-refractivity contribution in [1.29, 1.82) is 0 Å². The number of benzene rings is 1. The van der Waals surface area contributed by atoms with Crippen molar-refractivity contribution >= 4 is 17.6 Å². The fraction of sp³-hybridized carbons (Fsp3) is 0. The van der Waals surface area contributed by atoms with E-state index in [0.717, 1.165) is 0 Å². The van der Waals surface area contributed by atoms with Crippen LogP contribution in [0, 0.1) is 10.1 Å². The summed E-state index contributed by atoms with van der Waals surface area (Å²) >= 11 is 0. The van der Waals surface area contributed by atoms with Gasteiger partial charge >= 0.3 is 11.9 Å². The maximum Gasteiger partial charge on any atom is 0.417 e. The zero-order chi connectivity index (χ0) is 13.7. The quantitative estimate of drug-likeness (QED) is 0.675. The molecule has 0 aliphatic carbocycles. The largest absolute Gasteiger partial charge is 0.417 e. The first-order valence-electron chi connectivity index (χ1n) is 5.29. The molecule has 0 bridgehead atoms. The van der Waals surface area contributed by atoms with E-state index >= 15 is 0 Å². The van der Waals surface area contributed by atoms with Crippen LogP contribution >= 0.6 is 0 Å². The summed E-state index contributed by atoms with van der Waals surface area (Å²) < 4.78 is 4.98. The van der Waals surface area contributed by atoms with Gasteiger partial charge in [-0.25, -0.2) is 4.79 Å². The Labute approximate surface area is 108 Å². The lowest BCUT2D eigenvalue weighted by Gasteiger charge is -2.04. The highest BCUT2D eigenvalue weighted by molar-refractivity contribution is 5.86. The van der Waals surface area contributed by atoms with Crippen LogP contribution in [-0.4, -0.2) is 16.0 Å². The van der Waals surface area contributed by atoms with Crippen molar-refractivity contribution in [2.24, 2.45) is 0 Å². The molecule has 0 saturated heterocycles. The van der Waals surface area contributed by atoms with Crippen LogP contribution in [0.2, 0.25) is 0 Å². The van der Waals surface area contributed by atoms with Crippen LogP contribution in [0.5, 0.6) is 5.75 Å². The van der Waals surface area contributed by atoms with Gasteiger partial charge in [0.25, 0.3) is 0 Å². The monoisotopic (exact) mass is 259 g/mol. The van der Waals surface area contributed by atoms with Gasteiger partial charge in [0.2, 0.25) is 0 Å². The molecular formula is C12H9N3O4. The van der Waals surface area contributed by atoms with Crippen molar-refractivity contribution in [3.05, 3.63) is 58.8 Å². The molecule has 1 N–H and O–H groups in total. The van der Waals surface area contributed by atoms with E-state index in [1.165, 1.54) is 18.3 Å². The van der Waals surface area contributed by atoms with E-state index in [4.69, 9.17) is 4.74 Å². The summed E-state index contributed by atoms with van der Waals surface area (Å²) in [6.07, 6.45) is 0.492. The number of anilines is 1. The highest BCUT2D eigenvalue weighted by atomic mass is 16.6. The van der Waals surface area contributed by atoms with Crippen LogP contribution in [0.4, 0.5) is 16.3 Å². The zero-order valence-electron chi connectivity index (χ0n) is 9.65. The molecule has 1 aromatic heterocycles. The summed E-state index contributed by atoms with van der Waals surface area (Å²) in [4.78, 5) is 24.9. The van der Waals surface area contributed by atoms with Gasteiger partial charge in [0, 0.05) is 6.07 Å². The Kier molecular flexibility index (Phi) is 3.67. The third-order valence-corrected chi connectivity index (χ3v) is 2.14. The maximum absolute atomic E-state index is 11.5. The van der Waals surface area contributed by atoms with Gasteiger partial charge in [-0.15, -0.1) is 0 Å². The number of nitrogens with zero attached hydrogens (tertiary/aromatic N) is 2. The van der Waals surface area contributed by atoms with E-state index in [0.29, 0.717) is 11.4 Å². The summed E-state index contributed by atoms with van der Waals surface area (Å²) in [5.41, 5.74) is 0.312. The van der Waals surface area contributed by atoms with Crippen molar-refractivity contribution < 1.29 is 14.5 Å². The first kappa shape index (κ1) is 12.5. The van der Waals surface area contributed by atoms with E-state index < -0.39 is 11.0 Å². The number of pyridine rings is 1. The fourth-order valence-electron chi connectivity index (χ4n) is 1.31. The van der Waals surface area contributed by atoms with Gasteiger partial charge in [-0.3, -0.25) is 5.32 Å². The van der Waals surface area contributed by atoms with Crippen LogP contribution in [0.15, 0.2) is 48.7 Å². The van der Waals surface area contributed by atoms with Crippen LogP contribution in [-0.2, 0) is 0 Å². The maximum atomic E-state index is 11.5. The topological polar surface area (TPSA) is 94.4 Å². The average Bonchev–Trinajstić information content (AvgIpc) is 2.40. The number of para-hydroxylation sites is 1. The van der Waals surface area contributed by atoms with Gasteiger partial charge in [0.15, 0.2) is 6.20 Å².